The minimum absolute atomic E-state index is 0.222. The van der Waals surface area contributed by atoms with Gasteiger partial charge in [-0.15, -0.1) is 0 Å². The Kier molecular flexibility index (Phi) is 5.01. The molecule has 1 rings (SSSR count). The van der Waals surface area contributed by atoms with E-state index in [1.54, 1.807) is 18.2 Å². The maximum Gasteiger partial charge on any atom is 0.145 e. The topological polar surface area (TPSA) is 29.4 Å². The van der Waals surface area contributed by atoms with Gasteiger partial charge in [0.2, 0.25) is 0 Å². The highest BCUT2D eigenvalue weighted by atomic mass is 79.9. The molecule has 0 N–H and O–H groups in total. The van der Waals surface area contributed by atoms with Crippen molar-refractivity contribution in [3.05, 3.63) is 34.3 Å². The summed E-state index contributed by atoms with van der Waals surface area (Å²) in [4.78, 5) is 0. The minimum atomic E-state index is -1.44. The highest BCUT2D eigenvalue weighted by molar-refractivity contribution is 9.10. The summed E-state index contributed by atoms with van der Waals surface area (Å²) in [6.07, 6.45) is 0. The van der Waals surface area contributed by atoms with Gasteiger partial charge in [-0.25, -0.2) is 8.60 Å². The first-order chi connectivity index (χ1) is 7.84. The molecule has 0 heterocycles. The Morgan fingerprint density at radius 2 is 2.12 bits per heavy atom. The van der Waals surface area contributed by atoms with Crippen molar-refractivity contribution in [2.24, 2.45) is 4.40 Å². The quantitative estimate of drug-likeness (QED) is 0.781. The van der Waals surface area contributed by atoms with Crippen molar-refractivity contribution in [1.82, 2.24) is 0 Å². The molecule has 17 heavy (non-hydrogen) atoms. The van der Waals surface area contributed by atoms with Gasteiger partial charge in [-0.1, -0.05) is 28.1 Å². The van der Waals surface area contributed by atoms with E-state index in [2.05, 4.69) is 20.3 Å². The molecule has 5 heteroatoms. The zero-order chi connectivity index (χ0) is 13.1. The molecule has 0 fully saturated rings. The van der Waals surface area contributed by atoms with Gasteiger partial charge in [-0.3, -0.25) is 0 Å². The van der Waals surface area contributed by atoms with Crippen LogP contribution in [0.4, 0.5) is 4.39 Å². The third-order valence-electron chi connectivity index (χ3n) is 2.00. The lowest BCUT2D eigenvalue weighted by Crippen LogP contribution is -2.21. The van der Waals surface area contributed by atoms with Crippen LogP contribution in [0.25, 0.3) is 0 Å². The molecule has 0 aromatic heterocycles. The van der Waals surface area contributed by atoms with Crippen LogP contribution in [0, 0.1) is 0 Å². The SMILES string of the molecule is CC(C)(C)[S@@](=O)/N=C(\CF)c1cccc(Br)c1. The molecule has 0 saturated carbocycles. The lowest BCUT2D eigenvalue weighted by atomic mass is 10.1. The molecule has 94 valence electrons. The van der Waals surface area contributed by atoms with Crippen molar-refractivity contribution in [2.45, 2.75) is 25.5 Å². The van der Waals surface area contributed by atoms with E-state index >= 15 is 0 Å². The van der Waals surface area contributed by atoms with Crippen LogP contribution in [0.15, 0.2) is 33.1 Å². The second-order valence-corrected chi connectivity index (χ2v) is 7.36. The average molecular weight is 320 g/mol. The summed E-state index contributed by atoms with van der Waals surface area (Å²) in [5, 5.41) is 0. The molecule has 0 aliphatic carbocycles. The van der Waals surface area contributed by atoms with Crippen LogP contribution in [0.5, 0.6) is 0 Å². The molecule has 1 aromatic rings. The highest BCUT2D eigenvalue weighted by Crippen LogP contribution is 2.16. The summed E-state index contributed by atoms with van der Waals surface area (Å²) in [7, 11) is -1.44. The van der Waals surface area contributed by atoms with Crippen LogP contribution in [0.2, 0.25) is 0 Å². The summed E-state index contributed by atoms with van der Waals surface area (Å²) in [6, 6.07) is 7.16. The van der Waals surface area contributed by atoms with E-state index in [0.29, 0.717) is 5.56 Å². The monoisotopic (exact) mass is 319 g/mol. The predicted octanol–water partition coefficient (Wildman–Crippen LogP) is 3.67. The van der Waals surface area contributed by atoms with Gasteiger partial charge >= 0.3 is 0 Å². The summed E-state index contributed by atoms with van der Waals surface area (Å²) in [5.74, 6) is 0. The van der Waals surface area contributed by atoms with E-state index in [9.17, 15) is 8.60 Å². The summed E-state index contributed by atoms with van der Waals surface area (Å²) in [6.45, 7) is 4.70. The maximum absolute atomic E-state index is 12.9. The second kappa shape index (κ2) is 5.87. The Morgan fingerprint density at radius 3 is 2.59 bits per heavy atom. The van der Waals surface area contributed by atoms with Gasteiger partial charge in [-0.2, -0.15) is 4.40 Å². The van der Waals surface area contributed by atoms with Crippen LogP contribution in [-0.2, 0) is 11.0 Å². The Hall–Kier alpha value is -0.550. The molecule has 0 saturated heterocycles. The summed E-state index contributed by atoms with van der Waals surface area (Å²) in [5.41, 5.74) is 0.874. The van der Waals surface area contributed by atoms with Gasteiger partial charge in [0.1, 0.15) is 17.7 Å². The number of nitrogens with zero attached hydrogens (tertiary/aromatic N) is 1. The molecular formula is C12H15BrFNOS. The molecule has 0 amide bonds. The van der Waals surface area contributed by atoms with E-state index in [4.69, 9.17) is 0 Å². The van der Waals surface area contributed by atoms with E-state index in [1.807, 2.05) is 26.8 Å². The van der Waals surface area contributed by atoms with Crippen LogP contribution in [-0.4, -0.2) is 21.3 Å². The van der Waals surface area contributed by atoms with Gasteiger partial charge < -0.3 is 0 Å². The van der Waals surface area contributed by atoms with Crippen LogP contribution in [0.1, 0.15) is 26.3 Å². The van der Waals surface area contributed by atoms with E-state index in [-0.39, 0.29) is 5.71 Å². The third-order valence-corrected chi connectivity index (χ3v) is 3.93. The molecular weight excluding hydrogens is 305 g/mol. The standard InChI is InChI=1S/C12H15BrFNOS/c1-12(2,3)17(16)15-11(8-14)9-5-4-6-10(13)7-9/h4-7H,8H2,1-3H3/b15-11+/t17-/m1/s1. The molecule has 2 nitrogen and oxygen atoms in total. The fourth-order valence-corrected chi connectivity index (χ4v) is 2.09. The largest absolute Gasteiger partial charge is 0.244 e. The zero-order valence-corrected chi connectivity index (χ0v) is 12.4. The lowest BCUT2D eigenvalue weighted by Gasteiger charge is -2.14. The highest BCUT2D eigenvalue weighted by Gasteiger charge is 2.20. The van der Waals surface area contributed by atoms with Crippen LogP contribution in [0.3, 0.4) is 0 Å². The number of alkyl halides is 1. The van der Waals surface area contributed by atoms with Crippen LogP contribution < -0.4 is 0 Å². The Labute approximate surface area is 112 Å². The molecule has 0 spiro atoms. The van der Waals surface area contributed by atoms with Gasteiger partial charge in [0.25, 0.3) is 0 Å². The van der Waals surface area contributed by atoms with Crippen molar-refractivity contribution < 1.29 is 8.60 Å². The average Bonchev–Trinajstić information content (AvgIpc) is 2.24. The first-order valence-electron chi connectivity index (χ1n) is 5.16. The molecule has 0 bridgehead atoms. The minimum Gasteiger partial charge on any atom is -0.244 e. The van der Waals surface area contributed by atoms with Crippen molar-refractivity contribution in [3.63, 3.8) is 0 Å². The third kappa shape index (κ3) is 4.32. The number of benzene rings is 1. The first-order valence-corrected chi connectivity index (χ1v) is 7.06. The number of rotatable bonds is 3. The normalized spacial score (nSPS) is 14.8. The summed E-state index contributed by atoms with van der Waals surface area (Å²) < 4.78 is 29.1. The van der Waals surface area contributed by atoms with Gasteiger partial charge in [0, 0.05) is 10.0 Å². The number of hydrogen-bond donors (Lipinski definition) is 0. The van der Waals surface area contributed by atoms with Crippen molar-refractivity contribution >= 4 is 32.6 Å². The predicted molar refractivity (Wildman–Crippen MR) is 74.5 cm³/mol. The van der Waals surface area contributed by atoms with Crippen molar-refractivity contribution in [1.29, 1.82) is 0 Å². The van der Waals surface area contributed by atoms with Crippen molar-refractivity contribution in [2.75, 3.05) is 6.67 Å². The molecule has 1 atom stereocenters. The Balaban J connectivity index is 3.08. The first kappa shape index (κ1) is 14.5. The van der Waals surface area contributed by atoms with E-state index < -0.39 is 22.4 Å². The molecule has 1 aromatic carbocycles. The van der Waals surface area contributed by atoms with Crippen LogP contribution >= 0.6 is 15.9 Å². The Morgan fingerprint density at radius 1 is 1.47 bits per heavy atom. The lowest BCUT2D eigenvalue weighted by molar-refractivity contribution is 0.581. The molecule has 0 aliphatic heterocycles. The summed E-state index contributed by atoms with van der Waals surface area (Å²) >= 11 is 3.31. The molecule has 0 unspecified atom stereocenters. The van der Waals surface area contributed by atoms with Gasteiger partial charge in [0.05, 0.1) is 10.5 Å². The fourth-order valence-electron chi connectivity index (χ4n) is 1.06. The second-order valence-electron chi connectivity index (χ2n) is 4.54. The van der Waals surface area contributed by atoms with Crippen molar-refractivity contribution in [3.8, 4) is 0 Å². The maximum atomic E-state index is 12.9. The molecule has 0 radical (unpaired) electrons. The van der Waals surface area contributed by atoms with Gasteiger partial charge in [-0.05, 0) is 32.9 Å². The number of halogens is 2. The van der Waals surface area contributed by atoms with Gasteiger partial charge in [0.15, 0.2) is 0 Å². The van der Waals surface area contributed by atoms with E-state index in [1.165, 1.54) is 0 Å². The zero-order valence-electron chi connectivity index (χ0n) is 10.0. The Bertz CT molecular complexity index is 454. The smallest absolute Gasteiger partial charge is 0.145 e. The molecule has 0 aliphatic rings. The van der Waals surface area contributed by atoms with E-state index in [0.717, 1.165) is 4.47 Å². The fraction of sp³-hybridized carbons (Fsp3) is 0.417. The number of hydrogen-bond acceptors (Lipinski definition) is 1.